The van der Waals surface area contributed by atoms with E-state index in [1.54, 1.807) is 11.3 Å². The first-order valence-corrected chi connectivity index (χ1v) is 7.78. The summed E-state index contributed by atoms with van der Waals surface area (Å²) >= 11 is 1.73. The van der Waals surface area contributed by atoms with Gasteiger partial charge in [-0.2, -0.15) is 0 Å². The number of aromatic nitrogens is 1. The molecule has 0 aromatic carbocycles. The zero-order valence-corrected chi connectivity index (χ0v) is 12.7. The fraction of sp³-hybridized carbons (Fsp3) is 0.786. The summed E-state index contributed by atoms with van der Waals surface area (Å²) in [6, 6.07) is 0.601. The number of nitrogens with zero attached hydrogens (tertiary/aromatic N) is 1. The molecule has 1 aromatic heterocycles. The molecular formula is C14H26N2OS. The summed E-state index contributed by atoms with van der Waals surface area (Å²) in [6.45, 7) is 9.27. The van der Waals surface area contributed by atoms with Crippen molar-refractivity contribution in [3.63, 3.8) is 0 Å². The molecule has 0 aliphatic rings. The maximum absolute atomic E-state index is 5.65. The van der Waals surface area contributed by atoms with E-state index in [4.69, 9.17) is 4.74 Å². The lowest BCUT2D eigenvalue weighted by molar-refractivity contribution is 0.133. The topological polar surface area (TPSA) is 34.1 Å². The van der Waals surface area contributed by atoms with Gasteiger partial charge in [-0.25, -0.2) is 4.98 Å². The predicted molar refractivity (Wildman–Crippen MR) is 78.4 cm³/mol. The Kier molecular flexibility index (Phi) is 8.22. The summed E-state index contributed by atoms with van der Waals surface area (Å²) in [7, 11) is 0. The van der Waals surface area contributed by atoms with E-state index >= 15 is 0 Å². The highest BCUT2D eigenvalue weighted by Crippen LogP contribution is 2.12. The molecule has 0 aliphatic heterocycles. The molecule has 4 heteroatoms. The molecule has 1 rings (SSSR count). The highest BCUT2D eigenvalue weighted by Gasteiger charge is 2.00. The van der Waals surface area contributed by atoms with Crippen molar-refractivity contribution >= 4 is 11.3 Å². The average Bonchev–Trinajstić information content (AvgIpc) is 2.72. The summed E-state index contributed by atoms with van der Waals surface area (Å²) in [5, 5.41) is 3.43. The second-order valence-corrected chi connectivity index (χ2v) is 5.83. The second-order valence-electron chi connectivity index (χ2n) is 4.89. The smallest absolute Gasteiger partial charge is 0.0797 e. The van der Waals surface area contributed by atoms with Crippen LogP contribution in [0, 0.1) is 6.92 Å². The van der Waals surface area contributed by atoms with Crippen molar-refractivity contribution in [2.75, 3.05) is 19.8 Å². The Morgan fingerprint density at radius 3 is 2.78 bits per heavy atom. The minimum absolute atomic E-state index is 0.601. The van der Waals surface area contributed by atoms with Crippen molar-refractivity contribution in [2.24, 2.45) is 0 Å². The molecule has 0 aliphatic carbocycles. The largest absolute Gasteiger partial charge is 0.381 e. The summed E-state index contributed by atoms with van der Waals surface area (Å²) in [5.74, 6) is 0. The summed E-state index contributed by atoms with van der Waals surface area (Å²) < 4.78 is 5.65. The third-order valence-electron chi connectivity index (χ3n) is 2.84. The van der Waals surface area contributed by atoms with E-state index in [0.717, 1.165) is 31.9 Å². The second kappa shape index (κ2) is 9.48. The lowest BCUT2D eigenvalue weighted by Crippen LogP contribution is -2.23. The summed E-state index contributed by atoms with van der Waals surface area (Å²) in [4.78, 5) is 5.59. The molecule has 1 N–H and O–H groups in total. The standard InChI is InChI=1S/C14H26N2OS/c1-12(2)15-8-5-4-6-9-17-10-7-14-13(3)16-11-18-14/h11-12,15H,4-10H2,1-3H3. The lowest BCUT2D eigenvalue weighted by Gasteiger charge is -2.07. The highest BCUT2D eigenvalue weighted by molar-refractivity contribution is 7.09. The third kappa shape index (κ3) is 7.09. The van der Waals surface area contributed by atoms with Gasteiger partial charge in [-0.05, 0) is 32.7 Å². The number of thiazole rings is 1. The number of aryl methyl sites for hydroxylation is 1. The minimum atomic E-state index is 0.601. The van der Waals surface area contributed by atoms with Crippen molar-refractivity contribution in [1.82, 2.24) is 10.3 Å². The molecule has 0 amide bonds. The van der Waals surface area contributed by atoms with Crippen molar-refractivity contribution in [1.29, 1.82) is 0 Å². The molecule has 0 radical (unpaired) electrons. The first-order chi connectivity index (χ1) is 8.70. The number of unbranched alkanes of at least 4 members (excludes halogenated alkanes) is 2. The molecule has 18 heavy (non-hydrogen) atoms. The van der Waals surface area contributed by atoms with Crippen LogP contribution >= 0.6 is 11.3 Å². The number of hydrogen-bond acceptors (Lipinski definition) is 4. The van der Waals surface area contributed by atoms with Gasteiger partial charge in [-0.15, -0.1) is 11.3 Å². The van der Waals surface area contributed by atoms with Crippen LogP contribution in [0.3, 0.4) is 0 Å². The fourth-order valence-corrected chi connectivity index (χ4v) is 2.49. The maximum atomic E-state index is 5.65. The van der Waals surface area contributed by atoms with Gasteiger partial charge in [-0.3, -0.25) is 0 Å². The van der Waals surface area contributed by atoms with Crippen LogP contribution in [-0.2, 0) is 11.2 Å². The molecule has 104 valence electrons. The van der Waals surface area contributed by atoms with Gasteiger partial charge in [0.05, 0.1) is 17.8 Å². The Balaban J connectivity index is 1.86. The van der Waals surface area contributed by atoms with E-state index in [2.05, 4.69) is 31.1 Å². The van der Waals surface area contributed by atoms with Gasteiger partial charge < -0.3 is 10.1 Å². The molecule has 0 atom stereocenters. The van der Waals surface area contributed by atoms with Gasteiger partial charge in [-0.1, -0.05) is 13.8 Å². The van der Waals surface area contributed by atoms with Crippen LogP contribution in [0.2, 0.25) is 0 Å². The Morgan fingerprint density at radius 2 is 2.11 bits per heavy atom. The van der Waals surface area contributed by atoms with Crippen LogP contribution in [-0.4, -0.2) is 30.8 Å². The van der Waals surface area contributed by atoms with E-state index in [1.165, 1.54) is 24.1 Å². The lowest BCUT2D eigenvalue weighted by atomic mass is 10.2. The Bertz CT molecular complexity index is 312. The van der Waals surface area contributed by atoms with Crippen molar-refractivity contribution in [3.8, 4) is 0 Å². The Labute approximate surface area is 115 Å². The molecule has 0 bridgehead atoms. The molecular weight excluding hydrogens is 244 g/mol. The molecule has 0 spiro atoms. The van der Waals surface area contributed by atoms with Gasteiger partial charge in [0.2, 0.25) is 0 Å². The van der Waals surface area contributed by atoms with Crippen molar-refractivity contribution < 1.29 is 4.74 Å². The van der Waals surface area contributed by atoms with Crippen molar-refractivity contribution in [3.05, 3.63) is 16.1 Å². The zero-order valence-electron chi connectivity index (χ0n) is 11.9. The normalized spacial score (nSPS) is 11.3. The molecule has 1 heterocycles. The van der Waals surface area contributed by atoms with E-state index in [9.17, 15) is 0 Å². The van der Waals surface area contributed by atoms with Crippen LogP contribution in [0.1, 0.15) is 43.7 Å². The average molecular weight is 270 g/mol. The molecule has 0 fully saturated rings. The van der Waals surface area contributed by atoms with Crippen LogP contribution in [0.15, 0.2) is 5.51 Å². The van der Waals surface area contributed by atoms with Gasteiger partial charge in [0, 0.05) is 23.9 Å². The molecule has 0 unspecified atom stereocenters. The first-order valence-electron chi connectivity index (χ1n) is 6.90. The molecule has 0 saturated carbocycles. The van der Waals surface area contributed by atoms with E-state index in [1.807, 2.05) is 5.51 Å². The van der Waals surface area contributed by atoms with Gasteiger partial charge in [0.25, 0.3) is 0 Å². The van der Waals surface area contributed by atoms with Crippen LogP contribution < -0.4 is 5.32 Å². The molecule has 3 nitrogen and oxygen atoms in total. The predicted octanol–water partition coefficient (Wildman–Crippen LogP) is 3.18. The van der Waals surface area contributed by atoms with Crippen LogP contribution in [0.4, 0.5) is 0 Å². The summed E-state index contributed by atoms with van der Waals surface area (Å²) in [5.41, 5.74) is 3.07. The third-order valence-corrected chi connectivity index (χ3v) is 3.83. The SMILES string of the molecule is Cc1ncsc1CCOCCCCCNC(C)C. The van der Waals surface area contributed by atoms with Gasteiger partial charge in [0.1, 0.15) is 0 Å². The first kappa shape index (κ1) is 15.6. The van der Waals surface area contributed by atoms with Crippen molar-refractivity contribution in [2.45, 2.75) is 52.5 Å². The maximum Gasteiger partial charge on any atom is 0.0797 e. The Hall–Kier alpha value is -0.450. The molecule has 1 aromatic rings. The monoisotopic (exact) mass is 270 g/mol. The van der Waals surface area contributed by atoms with Crippen LogP contribution in [0.5, 0.6) is 0 Å². The zero-order chi connectivity index (χ0) is 13.2. The quantitative estimate of drug-likeness (QED) is 0.663. The number of rotatable bonds is 10. The molecule has 0 saturated heterocycles. The minimum Gasteiger partial charge on any atom is -0.381 e. The van der Waals surface area contributed by atoms with Gasteiger partial charge >= 0.3 is 0 Å². The highest BCUT2D eigenvalue weighted by atomic mass is 32.1. The van der Waals surface area contributed by atoms with E-state index < -0.39 is 0 Å². The Morgan fingerprint density at radius 1 is 1.28 bits per heavy atom. The van der Waals surface area contributed by atoms with E-state index in [-0.39, 0.29) is 0 Å². The van der Waals surface area contributed by atoms with Gasteiger partial charge in [0.15, 0.2) is 0 Å². The van der Waals surface area contributed by atoms with E-state index in [0.29, 0.717) is 6.04 Å². The summed E-state index contributed by atoms with van der Waals surface area (Å²) in [6.07, 6.45) is 4.67. The number of nitrogens with one attached hydrogen (secondary N) is 1. The number of ether oxygens (including phenoxy) is 1. The van der Waals surface area contributed by atoms with Crippen LogP contribution in [0.25, 0.3) is 0 Å². The fourth-order valence-electron chi connectivity index (χ4n) is 1.73. The number of hydrogen-bond donors (Lipinski definition) is 1.